The molecule has 0 aromatic carbocycles. The predicted octanol–water partition coefficient (Wildman–Crippen LogP) is 3.73. The average molecular weight is 198 g/mol. The molecule has 0 atom stereocenters. The minimum absolute atomic E-state index is 0.120. The lowest BCUT2D eigenvalue weighted by molar-refractivity contribution is 0.501. The first-order chi connectivity index (χ1) is 5.99. The highest BCUT2D eigenvalue weighted by Crippen LogP contribution is 2.33. The largest absolute Gasteiger partial charge is 0.244 e. The number of hydrogen-bond donors (Lipinski definition) is 0. The highest BCUT2D eigenvalue weighted by Gasteiger charge is 2.23. The van der Waals surface area contributed by atoms with Crippen LogP contribution in [0.25, 0.3) is 0 Å². The third-order valence-electron chi connectivity index (χ3n) is 2.67. The van der Waals surface area contributed by atoms with Crippen molar-refractivity contribution in [2.45, 2.75) is 39.5 Å². The van der Waals surface area contributed by atoms with E-state index in [1.54, 1.807) is 6.20 Å². The standard InChI is InChI=1S/C11H16ClN/c1-5-11(3,4)9-8(2)6-7-13-10(9)12/h6-7H,5H2,1-4H3. The van der Waals surface area contributed by atoms with E-state index in [4.69, 9.17) is 11.6 Å². The van der Waals surface area contributed by atoms with Crippen LogP contribution in [0.4, 0.5) is 0 Å². The Hall–Kier alpha value is -0.560. The summed E-state index contributed by atoms with van der Waals surface area (Å²) in [5.41, 5.74) is 2.53. The molecule has 0 aliphatic heterocycles. The van der Waals surface area contributed by atoms with Crippen molar-refractivity contribution >= 4 is 11.6 Å². The van der Waals surface area contributed by atoms with Crippen molar-refractivity contribution in [1.82, 2.24) is 4.98 Å². The second-order valence-corrected chi connectivity index (χ2v) is 4.39. The molecular formula is C11H16ClN. The van der Waals surface area contributed by atoms with Gasteiger partial charge >= 0.3 is 0 Å². The van der Waals surface area contributed by atoms with E-state index in [2.05, 4.69) is 32.7 Å². The van der Waals surface area contributed by atoms with Gasteiger partial charge in [-0.25, -0.2) is 4.98 Å². The zero-order chi connectivity index (χ0) is 10.1. The van der Waals surface area contributed by atoms with Gasteiger partial charge in [0.15, 0.2) is 0 Å². The normalized spacial score (nSPS) is 11.8. The fraction of sp³-hybridized carbons (Fsp3) is 0.545. The van der Waals surface area contributed by atoms with Gasteiger partial charge in [-0.2, -0.15) is 0 Å². The first kappa shape index (κ1) is 10.5. The Balaban J connectivity index is 3.28. The minimum Gasteiger partial charge on any atom is -0.244 e. The number of aryl methyl sites for hydroxylation is 1. The SMILES string of the molecule is CCC(C)(C)c1c(C)ccnc1Cl. The minimum atomic E-state index is 0.120. The summed E-state index contributed by atoms with van der Waals surface area (Å²) in [6, 6.07) is 2.01. The maximum Gasteiger partial charge on any atom is 0.132 e. The van der Waals surface area contributed by atoms with E-state index in [9.17, 15) is 0 Å². The summed E-state index contributed by atoms with van der Waals surface area (Å²) in [7, 11) is 0. The van der Waals surface area contributed by atoms with E-state index < -0.39 is 0 Å². The van der Waals surface area contributed by atoms with Crippen molar-refractivity contribution in [1.29, 1.82) is 0 Å². The summed E-state index contributed by atoms with van der Waals surface area (Å²) in [6.45, 7) is 8.65. The van der Waals surface area contributed by atoms with E-state index in [1.807, 2.05) is 6.07 Å². The van der Waals surface area contributed by atoms with Crippen LogP contribution in [0.2, 0.25) is 5.15 Å². The molecule has 0 aliphatic rings. The van der Waals surface area contributed by atoms with Crippen LogP contribution in [-0.2, 0) is 5.41 Å². The van der Waals surface area contributed by atoms with Crippen LogP contribution in [0.1, 0.15) is 38.3 Å². The van der Waals surface area contributed by atoms with E-state index in [0.717, 1.165) is 6.42 Å². The maximum absolute atomic E-state index is 6.08. The Morgan fingerprint density at radius 3 is 2.54 bits per heavy atom. The lowest BCUT2D eigenvalue weighted by Crippen LogP contribution is -2.18. The Labute approximate surface area is 85.1 Å². The van der Waals surface area contributed by atoms with E-state index >= 15 is 0 Å². The van der Waals surface area contributed by atoms with Gasteiger partial charge in [-0.05, 0) is 36.0 Å². The number of rotatable bonds is 2. The summed E-state index contributed by atoms with van der Waals surface area (Å²) in [4.78, 5) is 4.12. The van der Waals surface area contributed by atoms with Crippen LogP contribution >= 0.6 is 11.6 Å². The third kappa shape index (κ3) is 2.02. The van der Waals surface area contributed by atoms with Gasteiger partial charge in [0.2, 0.25) is 0 Å². The molecule has 0 spiro atoms. The summed E-state index contributed by atoms with van der Waals surface area (Å²) >= 11 is 6.08. The van der Waals surface area contributed by atoms with Gasteiger partial charge in [-0.15, -0.1) is 0 Å². The Kier molecular flexibility index (Phi) is 2.97. The molecule has 0 saturated heterocycles. The quantitative estimate of drug-likeness (QED) is 0.659. The topological polar surface area (TPSA) is 12.9 Å². The molecule has 72 valence electrons. The monoisotopic (exact) mass is 197 g/mol. The van der Waals surface area contributed by atoms with Crippen molar-refractivity contribution in [3.05, 3.63) is 28.5 Å². The highest BCUT2D eigenvalue weighted by atomic mass is 35.5. The number of pyridine rings is 1. The van der Waals surface area contributed by atoms with Crippen molar-refractivity contribution in [3.8, 4) is 0 Å². The lowest BCUT2D eigenvalue weighted by Gasteiger charge is -2.25. The van der Waals surface area contributed by atoms with Crippen LogP contribution in [0.15, 0.2) is 12.3 Å². The molecule has 0 bridgehead atoms. The molecule has 0 unspecified atom stereocenters. The van der Waals surface area contributed by atoms with Crippen molar-refractivity contribution in [2.24, 2.45) is 0 Å². The molecular weight excluding hydrogens is 182 g/mol. The highest BCUT2D eigenvalue weighted by molar-refractivity contribution is 6.30. The first-order valence-corrected chi connectivity index (χ1v) is 4.98. The fourth-order valence-electron chi connectivity index (χ4n) is 1.51. The van der Waals surface area contributed by atoms with Gasteiger partial charge in [-0.3, -0.25) is 0 Å². The fourth-order valence-corrected chi connectivity index (χ4v) is 1.98. The molecule has 1 aromatic rings. The first-order valence-electron chi connectivity index (χ1n) is 4.60. The molecule has 1 aromatic heterocycles. The molecule has 0 N–H and O–H groups in total. The van der Waals surface area contributed by atoms with Crippen LogP contribution in [0.3, 0.4) is 0 Å². The number of aromatic nitrogens is 1. The molecule has 1 nitrogen and oxygen atoms in total. The average Bonchev–Trinajstić information content (AvgIpc) is 2.03. The van der Waals surface area contributed by atoms with Gasteiger partial charge in [0.05, 0.1) is 0 Å². The second-order valence-electron chi connectivity index (χ2n) is 4.03. The molecule has 1 heterocycles. The molecule has 0 radical (unpaired) electrons. The zero-order valence-electron chi connectivity index (χ0n) is 8.69. The summed E-state index contributed by atoms with van der Waals surface area (Å²) in [5, 5.41) is 0.645. The summed E-state index contributed by atoms with van der Waals surface area (Å²) < 4.78 is 0. The van der Waals surface area contributed by atoms with Gasteiger partial charge in [0.1, 0.15) is 5.15 Å². The Morgan fingerprint density at radius 1 is 1.46 bits per heavy atom. The van der Waals surface area contributed by atoms with E-state index in [0.29, 0.717) is 5.15 Å². The smallest absolute Gasteiger partial charge is 0.132 e. The lowest BCUT2D eigenvalue weighted by atomic mass is 9.81. The van der Waals surface area contributed by atoms with Crippen LogP contribution in [0.5, 0.6) is 0 Å². The van der Waals surface area contributed by atoms with Gasteiger partial charge in [0.25, 0.3) is 0 Å². The Morgan fingerprint density at radius 2 is 2.08 bits per heavy atom. The van der Waals surface area contributed by atoms with Crippen LogP contribution in [-0.4, -0.2) is 4.98 Å². The molecule has 13 heavy (non-hydrogen) atoms. The predicted molar refractivity (Wildman–Crippen MR) is 57.3 cm³/mol. The van der Waals surface area contributed by atoms with Crippen LogP contribution < -0.4 is 0 Å². The van der Waals surface area contributed by atoms with Gasteiger partial charge in [0, 0.05) is 6.20 Å². The van der Waals surface area contributed by atoms with E-state index in [1.165, 1.54) is 11.1 Å². The van der Waals surface area contributed by atoms with E-state index in [-0.39, 0.29) is 5.41 Å². The molecule has 0 amide bonds. The molecule has 2 heteroatoms. The summed E-state index contributed by atoms with van der Waals surface area (Å²) in [5.74, 6) is 0. The van der Waals surface area contributed by atoms with Crippen LogP contribution in [0, 0.1) is 6.92 Å². The Bertz CT molecular complexity index is 285. The maximum atomic E-state index is 6.08. The number of hydrogen-bond acceptors (Lipinski definition) is 1. The molecule has 1 rings (SSSR count). The van der Waals surface area contributed by atoms with Crippen molar-refractivity contribution in [3.63, 3.8) is 0 Å². The zero-order valence-corrected chi connectivity index (χ0v) is 9.44. The van der Waals surface area contributed by atoms with Gasteiger partial charge in [-0.1, -0.05) is 32.4 Å². The van der Waals surface area contributed by atoms with Gasteiger partial charge < -0.3 is 0 Å². The second kappa shape index (κ2) is 3.67. The number of nitrogens with zero attached hydrogens (tertiary/aromatic N) is 1. The van der Waals surface area contributed by atoms with Crippen molar-refractivity contribution in [2.75, 3.05) is 0 Å². The number of halogens is 1. The molecule has 0 fully saturated rings. The molecule has 0 saturated carbocycles. The molecule has 0 aliphatic carbocycles. The summed E-state index contributed by atoms with van der Waals surface area (Å²) in [6.07, 6.45) is 2.83. The third-order valence-corrected chi connectivity index (χ3v) is 2.96. The van der Waals surface area contributed by atoms with Crippen molar-refractivity contribution < 1.29 is 0 Å².